The van der Waals surface area contributed by atoms with Gasteiger partial charge in [0.25, 0.3) is 6.43 Å². The monoisotopic (exact) mass is 264 g/mol. The van der Waals surface area contributed by atoms with E-state index in [1.165, 1.54) is 0 Å². The number of ether oxygens (including phenoxy) is 1. The Morgan fingerprint density at radius 2 is 2.11 bits per heavy atom. The summed E-state index contributed by atoms with van der Waals surface area (Å²) in [5, 5.41) is 2.73. The Balaban J connectivity index is 2.18. The van der Waals surface area contributed by atoms with Gasteiger partial charge in [-0.05, 0) is 25.3 Å². The van der Waals surface area contributed by atoms with Crippen LogP contribution >= 0.6 is 0 Å². The van der Waals surface area contributed by atoms with Crippen molar-refractivity contribution < 1.29 is 18.3 Å². The lowest BCUT2D eigenvalue weighted by Gasteiger charge is -2.29. The van der Waals surface area contributed by atoms with Crippen molar-refractivity contribution in [3.8, 4) is 0 Å². The number of hydrogen-bond acceptors (Lipinski definition) is 3. The molecule has 0 spiro atoms. The van der Waals surface area contributed by atoms with E-state index in [9.17, 15) is 13.6 Å². The number of carbonyl (C=O) groups is 1. The first-order chi connectivity index (χ1) is 8.65. The summed E-state index contributed by atoms with van der Waals surface area (Å²) in [5.41, 5.74) is 5.65. The van der Waals surface area contributed by atoms with Crippen LogP contribution in [-0.4, -0.2) is 38.6 Å². The normalized spacial score (nSPS) is 24.2. The van der Waals surface area contributed by atoms with Gasteiger partial charge in [-0.1, -0.05) is 12.8 Å². The van der Waals surface area contributed by atoms with E-state index in [0.717, 1.165) is 25.7 Å². The lowest BCUT2D eigenvalue weighted by Crippen LogP contribution is -2.40. The second-order valence-corrected chi connectivity index (χ2v) is 4.64. The van der Waals surface area contributed by atoms with E-state index < -0.39 is 13.0 Å². The topological polar surface area (TPSA) is 64.4 Å². The van der Waals surface area contributed by atoms with Crippen molar-refractivity contribution in [1.82, 2.24) is 5.32 Å². The number of amides is 1. The highest BCUT2D eigenvalue weighted by Gasteiger charge is 2.29. The van der Waals surface area contributed by atoms with Crippen molar-refractivity contribution in [2.24, 2.45) is 17.6 Å². The summed E-state index contributed by atoms with van der Waals surface area (Å²) in [5.74, 6) is 0.199. The number of nitrogens with two attached hydrogens (primary N) is 1. The van der Waals surface area contributed by atoms with Gasteiger partial charge in [0.2, 0.25) is 5.91 Å². The van der Waals surface area contributed by atoms with E-state index in [4.69, 9.17) is 10.5 Å². The molecule has 0 aliphatic heterocycles. The van der Waals surface area contributed by atoms with E-state index in [1.807, 2.05) is 0 Å². The van der Waals surface area contributed by atoms with Crippen LogP contribution in [0, 0.1) is 11.8 Å². The molecule has 4 nitrogen and oxygen atoms in total. The third kappa shape index (κ3) is 5.27. The van der Waals surface area contributed by atoms with E-state index in [0.29, 0.717) is 6.54 Å². The second-order valence-electron chi connectivity index (χ2n) is 4.64. The van der Waals surface area contributed by atoms with Gasteiger partial charge in [-0.25, -0.2) is 8.78 Å². The smallest absolute Gasteiger partial charge is 0.261 e. The van der Waals surface area contributed by atoms with Crippen molar-refractivity contribution in [2.75, 3.05) is 26.3 Å². The van der Waals surface area contributed by atoms with Gasteiger partial charge >= 0.3 is 0 Å². The quantitative estimate of drug-likeness (QED) is 0.678. The molecule has 106 valence electrons. The van der Waals surface area contributed by atoms with Crippen molar-refractivity contribution in [3.05, 3.63) is 0 Å². The highest BCUT2D eigenvalue weighted by Crippen LogP contribution is 2.29. The van der Waals surface area contributed by atoms with Crippen LogP contribution in [0.4, 0.5) is 8.78 Å². The van der Waals surface area contributed by atoms with Crippen LogP contribution in [0.3, 0.4) is 0 Å². The summed E-state index contributed by atoms with van der Waals surface area (Å²) in [7, 11) is 0. The highest BCUT2D eigenvalue weighted by molar-refractivity contribution is 5.79. The molecule has 3 N–H and O–H groups in total. The van der Waals surface area contributed by atoms with Gasteiger partial charge in [0.05, 0.1) is 6.61 Å². The number of rotatable bonds is 7. The molecule has 0 heterocycles. The average Bonchev–Trinajstić information content (AvgIpc) is 2.37. The van der Waals surface area contributed by atoms with Gasteiger partial charge in [0.15, 0.2) is 0 Å². The number of carbonyl (C=O) groups excluding carboxylic acids is 1. The summed E-state index contributed by atoms with van der Waals surface area (Å²) in [4.78, 5) is 11.9. The summed E-state index contributed by atoms with van der Waals surface area (Å²) in [6.07, 6.45) is 1.59. The van der Waals surface area contributed by atoms with Crippen LogP contribution in [0.1, 0.15) is 25.7 Å². The fraction of sp³-hybridized carbons (Fsp3) is 0.917. The maximum atomic E-state index is 11.9. The lowest BCUT2D eigenvalue weighted by atomic mass is 9.79. The molecule has 1 aliphatic carbocycles. The molecule has 0 radical (unpaired) electrons. The number of halogens is 2. The first-order valence-electron chi connectivity index (χ1n) is 6.48. The highest BCUT2D eigenvalue weighted by atomic mass is 19.3. The maximum Gasteiger partial charge on any atom is 0.261 e. The molecule has 1 aliphatic rings. The summed E-state index contributed by atoms with van der Waals surface area (Å²) >= 11 is 0. The molecule has 2 atom stereocenters. The summed E-state index contributed by atoms with van der Waals surface area (Å²) < 4.78 is 28.3. The maximum absolute atomic E-state index is 11.9. The Morgan fingerprint density at radius 1 is 1.39 bits per heavy atom. The van der Waals surface area contributed by atoms with Crippen LogP contribution in [0.2, 0.25) is 0 Å². The minimum Gasteiger partial charge on any atom is -0.374 e. The molecule has 0 bridgehead atoms. The Morgan fingerprint density at radius 3 is 2.78 bits per heavy atom. The molecular weight excluding hydrogens is 242 g/mol. The fourth-order valence-electron chi connectivity index (χ4n) is 2.38. The van der Waals surface area contributed by atoms with Gasteiger partial charge in [0, 0.05) is 12.5 Å². The lowest BCUT2D eigenvalue weighted by molar-refractivity contribution is -0.127. The second kappa shape index (κ2) is 8.37. The van der Waals surface area contributed by atoms with Crippen LogP contribution in [0.5, 0.6) is 0 Å². The molecular formula is C12H22F2N2O2. The standard InChI is InChI=1S/C12H22F2N2O2/c13-11(14)8-18-6-5-16-12(17)10-4-2-1-3-9(10)7-15/h9-11H,1-8,15H2,(H,16,17). The predicted molar refractivity (Wildman–Crippen MR) is 64.3 cm³/mol. The summed E-state index contributed by atoms with van der Waals surface area (Å²) in [6.45, 7) is 0.347. The zero-order valence-corrected chi connectivity index (χ0v) is 10.5. The molecule has 1 fully saturated rings. The minimum absolute atomic E-state index is 0.0224. The third-order valence-corrected chi connectivity index (χ3v) is 3.34. The Labute approximate surface area is 106 Å². The molecule has 0 saturated heterocycles. The Hall–Kier alpha value is -0.750. The van der Waals surface area contributed by atoms with Crippen molar-refractivity contribution >= 4 is 5.91 Å². The van der Waals surface area contributed by atoms with Crippen LogP contribution in [0.15, 0.2) is 0 Å². The van der Waals surface area contributed by atoms with E-state index in [1.54, 1.807) is 0 Å². The molecule has 0 aromatic rings. The van der Waals surface area contributed by atoms with Gasteiger partial charge in [-0.15, -0.1) is 0 Å². The third-order valence-electron chi connectivity index (χ3n) is 3.34. The van der Waals surface area contributed by atoms with E-state index in [2.05, 4.69) is 5.32 Å². The number of hydrogen-bond donors (Lipinski definition) is 2. The number of alkyl halides is 2. The minimum atomic E-state index is -2.46. The Kier molecular flexibility index (Phi) is 7.12. The zero-order chi connectivity index (χ0) is 13.4. The van der Waals surface area contributed by atoms with Crippen molar-refractivity contribution in [2.45, 2.75) is 32.1 Å². The fourth-order valence-corrected chi connectivity index (χ4v) is 2.38. The molecule has 1 saturated carbocycles. The molecule has 18 heavy (non-hydrogen) atoms. The largest absolute Gasteiger partial charge is 0.374 e. The van der Waals surface area contributed by atoms with Crippen molar-refractivity contribution in [3.63, 3.8) is 0 Å². The molecule has 2 unspecified atom stereocenters. The van der Waals surface area contributed by atoms with Crippen molar-refractivity contribution in [1.29, 1.82) is 0 Å². The van der Waals surface area contributed by atoms with E-state index >= 15 is 0 Å². The molecule has 0 aromatic heterocycles. The van der Waals surface area contributed by atoms with Gasteiger partial charge < -0.3 is 15.8 Å². The molecule has 1 rings (SSSR count). The summed E-state index contributed by atoms with van der Waals surface area (Å²) in [6, 6.07) is 0. The molecule has 0 aromatic carbocycles. The van der Waals surface area contributed by atoms with Crippen LogP contribution in [0.25, 0.3) is 0 Å². The SMILES string of the molecule is NCC1CCCCC1C(=O)NCCOCC(F)F. The molecule has 1 amide bonds. The molecule has 6 heteroatoms. The zero-order valence-electron chi connectivity index (χ0n) is 10.5. The first-order valence-corrected chi connectivity index (χ1v) is 6.48. The number of nitrogens with one attached hydrogen (secondary N) is 1. The van der Waals surface area contributed by atoms with E-state index in [-0.39, 0.29) is 30.9 Å². The Bertz CT molecular complexity index is 252. The van der Waals surface area contributed by atoms with Gasteiger partial charge in [0.1, 0.15) is 6.61 Å². The van der Waals surface area contributed by atoms with Crippen LogP contribution in [-0.2, 0) is 9.53 Å². The first kappa shape index (κ1) is 15.3. The predicted octanol–water partition coefficient (Wildman–Crippen LogP) is 1.15. The van der Waals surface area contributed by atoms with Crippen LogP contribution < -0.4 is 11.1 Å². The van der Waals surface area contributed by atoms with Gasteiger partial charge in [-0.3, -0.25) is 4.79 Å². The van der Waals surface area contributed by atoms with Gasteiger partial charge in [-0.2, -0.15) is 0 Å². The average molecular weight is 264 g/mol.